The Bertz CT molecular complexity index is 1170. The van der Waals surface area contributed by atoms with E-state index >= 15 is 0 Å². The van der Waals surface area contributed by atoms with Crippen molar-refractivity contribution in [3.05, 3.63) is 69.9 Å². The summed E-state index contributed by atoms with van der Waals surface area (Å²) in [6.45, 7) is 2.71. The predicted octanol–water partition coefficient (Wildman–Crippen LogP) is 3.22. The summed E-state index contributed by atoms with van der Waals surface area (Å²) in [6.07, 6.45) is -1.01. The molecule has 0 spiro atoms. The summed E-state index contributed by atoms with van der Waals surface area (Å²) in [6, 6.07) is 3.93. The van der Waals surface area contributed by atoms with Crippen LogP contribution in [-0.2, 0) is 9.59 Å². The highest BCUT2D eigenvalue weighted by Gasteiger charge is 2.42. The maximum atomic E-state index is 14.1. The first-order valence-corrected chi connectivity index (χ1v) is 11.3. The Balaban J connectivity index is 1.80. The highest BCUT2D eigenvalue weighted by atomic mass is 19.2. The Morgan fingerprint density at radius 1 is 1.17 bits per heavy atom. The van der Waals surface area contributed by atoms with Gasteiger partial charge in [0, 0.05) is 17.9 Å². The molecular weight excluding hydrogens is 479 g/mol. The normalized spacial score (nSPS) is 19.1. The summed E-state index contributed by atoms with van der Waals surface area (Å²) in [5.74, 6) is -5.06. The number of benzene rings is 2. The number of likely N-dealkylation sites (tertiary alicyclic amines) is 1. The molecule has 0 radical (unpaired) electrons. The predicted molar refractivity (Wildman–Crippen MR) is 124 cm³/mol. The summed E-state index contributed by atoms with van der Waals surface area (Å²) < 4.78 is 41.8. The number of nitrogens with zero attached hydrogens (tertiary/aromatic N) is 4. The third-order valence-electron chi connectivity index (χ3n) is 6.07. The van der Waals surface area contributed by atoms with Crippen molar-refractivity contribution in [1.29, 1.82) is 0 Å². The van der Waals surface area contributed by atoms with Crippen LogP contribution in [0.25, 0.3) is 21.6 Å². The Kier molecular flexibility index (Phi) is 8.57. The third kappa shape index (κ3) is 5.62. The van der Waals surface area contributed by atoms with Crippen LogP contribution in [0.1, 0.15) is 31.9 Å². The second-order valence-electron chi connectivity index (χ2n) is 8.87. The second kappa shape index (κ2) is 11.4. The second-order valence-corrected chi connectivity index (χ2v) is 8.87. The Labute approximate surface area is 205 Å². The minimum absolute atomic E-state index is 0.0478. The quantitative estimate of drug-likeness (QED) is 0.219. The molecule has 4 atom stereocenters. The standard InChI is InChI=1S/C24H26F3N5O4/c1-12(2)22(30-31-28)24(36)32-10-15(34)9-19(32)23(35)29-18(11-33)13-3-5-14(6-4-13)20-16(25)7-8-17(26)21(20)27/h3-8,12,15,18-19,22,33-34H,9-11H2,1-2H3,(H,29,35)/t15-,18+,19+,22+/m1/s1. The fraction of sp³-hybridized carbons (Fsp3) is 0.417. The van der Waals surface area contributed by atoms with E-state index in [1.165, 1.54) is 24.3 Å². The molecule has 2 aromatic carbocycles. The zero-order chi connectivity index (χ0) is 26.6. The number of β-amino-alcohol motifs (C(OH)–C–C–N with tert-alkyl or cyclic N) is 1. The van der Waals surface area contributed by atoms with Crippen molar-refractivity contribution < 1.29 is 33.0 Å². The first-order valence-electron chi connectivity index (χ1n) is 11.3. The molecular formula is C24H26F3N5O4. The average Bonchev–Trinajstić information content (AvgIpc) is 3.25. The molecule has 9 nitrogen and oxygen atoms in total. The van der Waals surface area contributed by atoms with Gasteiger partial charge in [-0.15, -0.1) is 0 Å². The maximum absolute atomic E-state index is 14.1. The molecule has 1 heterocycles. The van der Waals surface area contributed by atoms with Crippen LogP contribution in [0.15, 0.2) is 41.5 Å². The number of nitrogens with one attached hydrogen (secondary N) is 1. The molecule has 0 aromatic heterocycles. The summed E-state index contributed by atoms with van der Waals surface area (Å²) in [5.41, 5.74) is 8.69. The van der Waals surface area contributed by atoms with E-state index in [4.69, 9.17) is 5.53 Å². The first kappa shape index (κ1) is 27.0. The minimum atomic E-state index is -1.33. The van der Waals surface area contributed by atoms with Gasteiger partial charge in [-0.1, -0.05) is 43.2 Å². The largest absolute Gasteiger partial charge is 0.394 e. The van der Waals surface area contributed by atoms with Crippen LogP contribution in [0.5, 0.6) is 0 Å². The molecule has 36 heavy (non-hydrogen) atoms. The number of halogens is 3. The van der Waals surface area contributed by atoms with Gasteiger partial charge in [-0.3, -0.25) is 9.59 Å². The minimum Gasteiger partial charge on any atom is -0.394 e. The Hall–Kier alpha value is -3.60. The molecule has 1 aliphatic heterocycles. The van der Waals surface area contributed by atoms with E-state index in [-0.39, 0.29) is 24.4 Å². The van der Waals surface area contributed by atoms with Crippen LogP contribution in [-0.4, -0.2) is 58.3 Å². The maximum Gasteiger partial charge on any atom is 0.243 e. The molecule has 0 saturated carbocycles. The van der Waals surface area contributed by atoms with E-state index in [0.29, 0.717) is 11.6 Å². The third-order valence-corrected chi connectivity index (χ3v) is 6.07. The number of aliphatic hydroxyl groups is 2. The monoisotopic (exact) mass is 505 g/mol. The molecule has 2 amide bonds. The van der Waals surface area contributed by atoms with Crippen molar-refractivity contribution in [3.8, 4) is 11.1 Å². The van der Waals surface area contributed by atoms with Gasteiger partial charge in [0.15, 0.2) is 11.6 Å². The molecule has 1 aliphatic rings. The van der Waals surface area contributed by atoms with Gasteiger partial charge < -0.3 is 20.4 Å². The van der Waals surface area contributed by atoms with Crippen molar-refractivity contribution in [2.75, 3.05) is 13.2 Å². The summed E-state index contributed by atoms with van der Waals surface area (Å²) in [7, 11) is 0. The number of azide groups is 1. The summed E-state index contributed by atoms with van der Waals surface area (Å²) in [4.78, 5) is 29.8. The molecule has 3 N–H and O–H groups in total. The number of carbonyl (C=O) groups is 2. The molecule has 0 aliphatic carbocycles. The molecule has 3 rings (SSSR count). The van der Waals surface area contributed by atoms with Gasteiger partial charge in [0.25, 0.3) is 0 Å². The Morgan fingerprint density at radius 2 is 1.81 bits per heavy atom. The lowest BCUT2D eigenvalue weighted by molar-refractivity contribution is -0.140. The van der Waals surface area contributed by atoms with E-state index in [9.17, 15) is 33.0 Å². The van der Waals surface area contributed by atoms with Crippen molar-refractivity contribution in [2.45, 2.75) is 44.5 Å². The van der Waals surface area contributed by atoms with E-state index in [0.717, 1.165) is 11.0 Å². The van der Waals surface area contributed by atoms with Crippen molar-refractivity contribution in [3.63, 3.8) is 0 Å². The molecule has 0 bridgehead atoms. The van der Waals surface area contributed by atoms with Crippen molar-refractivity contribution >= 4 is 11.8 Å². The fourth-order valence-electron chi connectivity index (χ4n) is 4.18. The summed E-state index contributed by atoms with van der Waals surface area (Å²) in [5, 5.41) is 26.1. The number of hydrogen-bond acceptors (Lipinski definition) is 5. The Morgan fingerprint density at radius 3 is 2.39 bits per heavy atom. The molecule has 2 aromatic rings. The molecule has 1 fully saturated rings. The smallest absolute Gasteiger partial charge is 0.243 e. The van der Waals surface area contributed by atoms with E-state index < -0.39 is 65.7 Å². The zero-order valence-electron chi connectivity index (χ0n) is 19.6. The van der Waals surface area contributed by atoms with Crippen LogP contribution in [0.3, 0.4) is 0 Å². The van der Waals surface area contributed by atoms with E-state index in [2.05, 4.69) is 15.3 Å². The van der Waals surface area contributed by atoms with E-state index in [1.54, 1.807) is 13.8 Å². The van der Waals surface area contributed by atoms with Gasteiger partial charge in [-0.2, -0.15) is 0 Å². The average molecular weight is 505 g/mol. The van der Waals surface area contributed by atoms with Gasteiger partial charge in [0.05, 0.1) is 24.3 Å². The fourth-order valence-corrected chi connectivity index (χ4v) is 4.18. The van der Waals surface area contributed by atoms with Crippen LogP contribution >= 0.6 is 0 Å². The zero-order valence-corrected chi connectivity index (χ0v) is 19.6. The van der Waals surface area contributed by atoms with Crippen molar-refractivity contribution in [1.82, 2.24) is 10.2 Å². The lowest BCUT2D eigenvalue weighted by atomic mass is 9.99. The molecule has 12 heteroatoms. The van der Waals surface area contributed by atoms with Crippen molar-refractivity contribution in [2.24, 2.45) is 11.0 Å². The van der Waals surface area contributed by atoms with Gasteiger partial charge in [-0.25, -0.2) is 13.2 Å². The van der Waals surface area contributed by atoms with Crippen LogP contribution in [0, 0.1) is 23.4 Å². The summed E-state index contributed by atoms with van der Waals surface area (Å²) >= 11 is 0. The molecule has 0 unspecified atom stereocenters. The highest BCUT2D eigenvalue weighted by molar-refractivity contribution is 5.91. The number of rotatable bonds is 8. The molecule has 1 saturated heterocycles. The van der Waals surface area contributed by atoms with Crippen LogP contribution in [0.4, 0.5) is 13.2 Å². The molecule has 192 valence electrons. The van der Waals surface area contributed by atoms with Crippen LogP contribution in [0.2, 0.25) is 0 Å². The first-order chi connectivity index (χ1) is 17.1. The lowest BCUT2D eigenvalue weighted by Crippen LogP contribution is -2.50. The van der Waals surface area contributed by atoms with Gasteiger partial charge in [0.1, 0.15) is 17.9 Å². The SMILES string of the molecule is CC(C)[C@H](N=[N+]=[N-])C(=O)N1C[C@H](O)C[C@H]1C(=O)N[C@@H](CO)c1ccc(-c2c(F)ccc(F)c2F)cc1. The van der Waals surface area contributed by atoms with E-state index in [1.807, 2.05) is 0 Å². The van der Waals surface area contributed by atoms with Crippen LogP contribution < -0.4 is 5.32 Å². The highest BCUT2D eigenvalue weighted by Crippen LogP contribution is 2.29. The number of carbonyl (C=O) groups excluding carboxylic acids is 2. The van der Waals surface area contributed by atoms with Gasteiger partial charge >= 0.3 is 0 Å². The number of aliphatic hydroxyl groups excluding tert-OH is 2. The lowest BCUT2D eigenvalue weighted by Gasteiger charge is -2.29. The number of amides is 2. The topological polar surface area (TPSA) is 139 Å². The van der Waals surface area contributed by atoms with Gasteiger partial charge in [0.2, 0.25) is 11.8 Å². The number of hydrogen-bond donors (Lipinski definition) is 3. The van der Waals surface area contributed by atoms with Gasteiger partial charge in [-0.05, 0) is 34.7 Å².